The summed E-state index contributed by atoms with van der Waals surface area (Å²) >= 11 is 1.79. The van der Waals surface area contributed by atoms with E-state index >= 15 is 0 Å². The monoisotopic (exact) mass is 408 g/mol. The Morgan fingerprint density at radius 2 is 1.71 bits per heavy atom. The van der Waals surface area contributed by atoms with Gasteiger partial charge in [0, 0.05) is 28.9 Å². The smallest absolute Gasteiger partial charge is 0.406 e. The summed E-state index contributed by atoms with van der Waals surface area (Å²) in [7, 11) is 0. The molecule has 2 unspecified atom stereocenters. The van der Waals surface area contributed by atoms with Crippen molar-refractivity contribution in [2.45, 2.75) is 35.9 Å². The number of urea groups is 1. The molecule has 2 aromatic rings. The van der Waals surface area contributed by atoms with Crippen molar-refractivity contribution in [1.29, 1.82) is 0 Å². The number of nitrogens with zero attached hydrogens (tertiary/aromatic N) is 2. The highest BCUT2D eigenvalue weighted by molar-refractivity contribution is 8.00. The Bertz CT molecular complexity index is 855. The van der Waals surface area contributed by atoms with Crippen molar-refractivity contribution in [3.8, 4) is 5.75 Å². The zero-order valence-corrected chi connectivity index (χ0v) is 16.0. The molecule has 8 heteroatoms. The molecule has 2 atom stereocenters. The number of hydrogen-bond donors (Lipinski definition) is 0. The van der Waals surface area contributed by atoms with Crippen LogP contribution in [0, 0.1) is 6.92 Å². The van der Waals surface area contributed by atoms with Crippen LogP contribution in [0.15, 0.2) is 53.4 Å². The van der Waals surface area contributed by atoms with E-state index in [1.807, 2.05) is 4.90 Å². The number of ether oxygens (including phenoxy) is 1. The van der Waals surface area contributed by atoms with E-state index in [9.17, 15) is 18.0 Å². The maximum atomic E-state index is 12.8. The summed E-state index contributed by atoms with van der Waals surface area (Å²) in [6.07, 6.45) is -3.83. The zero-order valence-electron chi connectivity index (χ0n) is 15.1. The van der Waals surface area contributed by atoms with E-state index in [2.05, 4.69) is 35.9 Å². The Morgan fingerprint density at radius 3 is 2.32 bits per heavy atom. The molecule has 148 valence electrons. The summed E-state index contributed by atoms with van der Waals surface area (Å²) in [6.45, 7) is 3.27. The molecule has 2 heterocycles. The predicted molar refractivity (Wildman–Crippen MR) is 102 cm³/mol. The van der Waals surface area contributed by atoms with E-state index in [0.717, 1.165) is 6.42 Å². The van der Waals surface area contributed by atoms with Crippen molar-refractivity contribution in [2.75, 3.05) is 18.0 Å². The number of anilines is 1. The van der Waals surface area contributed by atoms with Crippen LogP contribution in [-0.4, -0.2) is 41.7 Å². The highest BCUT2D eigenvalue weighted by Gasteiger charge is 2.44. The van der Waals surface area contributed by atoms with Crippen LogP contribution in [0.5, 0.6) is 5.75 Å². The number of alkyl halides is 3. The van der Waals surface area contributed by atoms with Crippen LogP contribution in [0.1, 0.15) is 12.0 Å². The van der Waals surface area contributed by atoms with Gasteiger partial charge in [-0.2, -0.15) is 0 Å². The molecule has 0 saturated carbocycles. The molecule has 28 heavy (non-hydrogen) atoms. The third kappa shape index (κ3) is 4.06. The van der Waals surface area contributed by atoms with Crippen LogP contribution >= 0.6 is 11.8 Å². The SMILES string of the molecule is Cc1ccc(SC2CC3CN(c4ccc(OC(F)(F)F)cc4)C(=O)N3C2)cc1. The molecule has 4 nitrogen and oxygen atoms in total. The summed E-state index contributed by atoms with van der Waals surface area (Å²) in [5, 5.41) is 0.348. The number of aryl methyl sites for hydroxylation is 1. The van der Waals surface area contributed by atoms with Gasteiger partial charge in [0.05, 0.1) is 6.04 Å². The van der Waals surface area contributed by atoms with Gasteiger partial charge >= 0.3 is 12.4 Å². The second-order valence-electron chi connectivity index (χ2n) is 7.03. The molecule has 4 rings (SSSR count). The molecule has 2 saturated heterocycles. The average Bonchev–Trinajstić information content (AvgIpc) is 3.15. The van der Waals surface area contributed by atoms with Crippen molar-refractivity contribution in [3.63, 3.8) is 0 Å². The standard InChI is InChI=1S/C20H19F3N2O2S/c1-13-2-8-17(9-3-13)28-18-10-15-11-24(19(26)25(15)12-18)14-4-6-16(7-5-14)27-20(21,22)23/h2-9,15,18H,10-12H2,1H3. The molecular formula is C20H19F3N2O2S. The normalized spacial score (nSPS) is 21.9. The minimum Gasteiger partial charge on any atom is -0.406 e. The first-order valence-electron chi connectivity index (χ1n) is 8.96. The summed E-state index contributed by atoms with van der Waals surface area (Å²) in [5.41, 5.74) is 1.80. The van der Waals surface area contributed by atoms with Crippen LogP contribution < -0.4 is 9.64 Å². The molecule has 0 bridgehead atoms. The number of carbonyl (C=O) groups is 1. The fourth-order valence-corrected chi connectivity index (χ4v) is 4.89. The maximum absolute atomic E-state index is 12.8. The molecule has 2 aromatic carbocycles. The van der Waals surface area contributed by atoms with Crippen LogP contribution in [-0.2, 0) is 0 Å². The van der Waals surface area contributed by atoms with E-state index in [-0.39, 0.29) is 17.8 Å². The van der Waals surface area contributed by atoms with Gasteiger partial charge in [-0.05, 0) is 49.7 Å². The lowest BCUT2D eigenvalue weighted by molar-refractivity contribution is -0.274. The topological polar surface area (TPSA) is 32.8 Å². The third-order valence-corrected chi connectivity index (χ3v) is 6.17. The molecule has 0 aromatic heterocycles. The van der Waals surface area contributed by atoms with E-state index in [4.69, 9.17) is 0 Å². The first-order chi connectivity index (χ1) is 13.3. The quantitative estimate of drug-likeness (QED) is 0.708. The number of amides is 2. The van der Waals surface area contributed by atoms with Gasteiger partial charge in [0.15, 0.2) is 0 Å². The number of hydrogen-bond acceptors (Lipinski definition) is 3. The van der Waals surface area contributed by atoms with Crippen LogP contribution in [0.4, 0.5) is 23.7 Å². The summed E-state index contributed by atoms with van der Waals surface area (Å²) in [5.74, 6) is -0.294. The van der Waals surface area contributed by atoms with Crippen molar-refractivity contribution < 1.29 is 22.7 Å². The van der Waals surface area contributed by atoms with Gasteiger partial charge < -0.3 is 9.64 Å². The molecule has 2 aliphatic heterocycles. The fourth-order valence-electron chi connectivity index (χ4n) is 3.66. The maximum Gasteiger partial charge on any atom is 0.573 e. The van der Waals surface area contributed by atoms with Gasteiger partial charge in [-0.3, -0.25) is 4.90 Å². The van der Waals surface area contributed by atoms with E-state index in [1.54, 1.807) is 16.7 Å². The van der Waals surface area contributed by atoms with E-state index in [1.165, 1.54) is 34.7 Å². The number of benzene rings is 2. The van der Waals surface area contributed by atoms with Gasteiger partial charge in [0.25, 0.3) is 0 Å². The summed E-state index contributed by atoms with van der Waals surface area (Å²) in [6, 6.07) is 13.8. The first kappa shape index (κ1) is 19.0. The highest BCUT2D eigenvalue weighted by atomic mass is 32.2. The van der Waals surface area contributed by atoms with Gasteiger partial charge in [0.2, 0.25) is 0 Å². The lowest BCUT2D eigenvalue weighted by Gasteiger charge is -2.19. The van der Waals surface area contributed by atoms with Gasteiger partial charge in [0.1, 0.15) is 5.75 Å². The highest BCUT2D eigenvalue weighted by Crippen LogP contribution is 2.38. The number of halogens is 3. The molecule has 0 spiro atoms. The minimum absolute atomic E-state index is 0.0958. The zero-order chi connectivity index (χ0) is 19.9. The summed E-state index contributed by atoms with van der Waals surface area (Å²) < 4.78 is 40.7. The largest absolute Gasteiger partial charge is 0.573 e. The Morgan fingerprint density at radius 1 is 1.04 bits per heavy atom. The Balaban J connectivity index is 1.38. The number of fused-ring (bicyclic) bond motifs is 1. The van der Waals surface area contributed by atoms with Crippen molar-refractivity contribution >= 4 is 23.5 Å². The second kappa shape index (κ2) is 7.24. The molecular weight excluding hydrogens is 389 g/mol. The van der Waals surface area contributed by atoms with Crippen LogP contribution in [0.3, 0.4) is 0 Å². The van der Waals surface area contributed by atoms with Crippen molar-refractivity contribution in [2.24, 2.45) is 0 Å². The van der Waals surface area contributed by atoms with E-state index in [0.29, 0.717) is 24.0 Å². The number of thioether (sulfide) groups is 1. The third-order valence-electron chi connectivity index (χ3n) is 4.95. The van der Waals surface area contributed by atoms with Gasteiger partial charge in [-0.25, -0.2) is 4.79 Å². The molecule has 0 aliphatic carbocycles. The Labute approximate surface area is 165 Å². The number of rotatable bonds is 4. The Hall–Kier alpha value is -2.35. The molecule has 2 aliphatic rings. The van der Waals surface area contributed by atoms with Gasteiger partial charge in [-0.15, -0.1) is 24.9 Å². The van der Waals surface area contributed by atoms with Crippen LogP contribution in [0.25, 0.3) is 0 Å². The minimum atomic E-state index is -4.72. The summed E-state index contributed by atoms with van der Waals surface area (Å²) in [4.78, 5) is 17.5. The lowest BCUT2D eigenvalue weighted by atomic mass is 10.2. The average molecular weight is 408 g/mol. The molecule has 2 fully saturated rings. The fraction of sp³-hybridized carbons (Fsp3) is 0.350. The van der Waals surface area contributed by atoms with Gasteiger partial charge in [-0.1, -0.05) is 17.7 Å². The van der Waals surface area contributed by atoms with Crippen LogP contribution in [0.2, 0.25) is 0 Å². The Kier molecular flexibility index (Phi) is 4.91. The second-order valence-corrected chi connectivity index (χ2v) is 8.40. The van der Waals surface area contributed by atoms with Crippen molar-refractivity contribution in [1.82, 2.24) is 4.90 Å². The molecule has 0 radical (unpaired) electrons. The molecule has 2 amide bonds. The lowest BCUT2D eigenvalue weighted by Crippen LogP contribution is -2.33. The first-order valence-corrected chi connectivity index (χ1v) is 9.84. The molecule has 0 N–H and O–H groups in total. The number of carbonyl (C=O) groups excluding carboxylic acids is 1. The predicted octanol–water partition coefficient (Wildman–Crippen LogP) is 5.07. The van der Waals surface area contributed by atoms with E-state index < -0.39 is 6.36 Å². The van der Waals surface area contributed by atoms with Crippen molar-refractivity contribution in [3.05, 3.63) is 54.1 Å².